The summed E-state index contributed by atoms with van der Waals surface area (Å²) in [5, 5.41) is 8.36. The lowest BCUT2D eigenvalue weighted by Crippen LogP contribution is -2.35. The zero-order valence-corrected chi connectivity index (χ0v) is 17.5. The largest absolute Gasteiger partial charge is 0.350 e. The molecule has 1 heterocycles. The SMILES string of the molecule is Cc1nn(-c2ccccc2)c(Cl)c1C(=O)NCC(c1ccccc1Cl)N(C)C. The van der Waals surface area contributed by atoms with Gasteiger partial charge in [0.2, 0.25) is 0 Å². The van der Waals surface area contributed by atoms with Crippen LogP contribution in [0.4, 0.5) is 0 Å². The Morgan fingerprint density at radius 1 is 1.11 bits per heavy atom. The van der Waals surface area contributed by atoms with Crippen LogP contribution in [-0.2, 0) is 0 Å². The summed E-state index contributed by atoms with van der Waals surface area (Å²) in [6.07, 6.45) is 0. The predicted octanol–water partition coefficient (Wildman–Crippen LogP) is 4.52. The van der Waals surface area contributed by atoms with Crippen molar-refractivity contribution >= 4 is 29.1 Å². The van der Waals surface area contributed by atoms with Crippen LogP contribution in [0.3, 0.4) is 0 Å². The monoisotopic (exact) mass is 416 g/mol. The Hall–Kier alpha value is -2.34. The minimum absolute atomic E-state index is 0.0686. The lowest BCUT2D eigenvalue weighted by molar-refractivity contribution is 0.0941. The summed E-state index contributed by atoms with van der Waals surface area (Å²) in [6.45, 7) is 2.17. The molecule has 0 aliphatic heterocycles. The molecule has 2 aromatic carbocycles. The third-order valence-corrected chi connectivity index (χ3v) is 5.27. The highest BCUT2D eigenvalue weighted by molar-refractivity contribution is 6.33. The minimum atomic E-state index is -0.261. The topological polar surface area (TPSA) is 50.2 Å². The van der Waals surface area contributed by atoms with Crippen molar-refractivity contribution in [1.82, 2.24) is 20.0 Å². The molecule has 3 aromatic rings. The maximum absolute atomic E-state index is 12.9. The van der Waals surface area contributed by atoms with E-state index in [4.69, 9.17) is 23.2 Å². The molecule has 1 amide bonds. The summed E-state index contributed by atoms with van der Waals surface area (Å²) in [7, 11) is 3.90. The van der Waals surface area contributed by atoms with Gasteiger partial charge >= 0.3 is 0 Å². The third-order valence-electron chi connectivity index (χ3n) is 4.58. The molecule has 1 N–H and O–H groups in total. The number of aromatic nitrogens is 2. The Kier molecular flexibility index (Phi) is 6.39. The van der Waals surface area contributed by atoms with Gasteiger partial charge in [0.05, 0.1) is 23.0 Å². The molecule has 0 saturated carbocycles. The molecule has 1 aromatic heterocycles. The van der Waals surface area contributed by atoms with Crippen LogP contribution in [0, 0.1) is 6.92 Å². The van der Waals surface area contributed by atoms with E-state index in [1.165, 1.54) is 0 Å². The molecule has 0 fully saturated rings. The Morgan fingerprint density at radius 3 is 2.39 bits per heavy atom. The summed E-state index contributed by atoms with van der Waals surface area (Å²) in [5.41, 5.74) is 2.71. The molecule has 146 valence electrons. The van der Waals surface area contributed by atoms with Crippen molar-refractivity contribution in [3.8, 4) is 5.69 Å². The van der Waals surface area contributed by atoms with Crippen LogP contribution in [0.1, 0.15) is 27.7 Å². The van der Waals surface area contributed by atoms with Gasteiger partial charge in [-0.1, -0.05) is 59.6 Å². The van der Waals surface area contributed by atoms with Crippen molar-refractivity contribution in [2.75, 3.05) is 20.6 Å². The fourth-order valence-corrected chi connectivity index (χ4v) is 3.71. The van der Waals surface area contributed by atoms with Gasteiger partial charge in [-0.3, -0.25) is 4.79 Å². The van der Waals surface area contributed by atoms with E-state index in [9.17, 15) is 4.79 Å². The van der Waals surface area contributed by atoms with Gasteiger partial charge in [0.1, 0.15) is 5.15 Å². The molecule has 0 radical (unpaired) electrons. The summed E-state index contributed by atoms with van der Waals surface area (Å²) in [5.74, 6) is -0.261. The van der Waals surface area contributed by atoms with E-state index in [0.717, 1.165) is 11.3 Å². The molecule has 1 unspecified atom stereocenters. The molecule has 0 bridgehead atoms. The summed E-state index contributed by atoms with van der Waals surface area (Å²) in [4.78, 5) is 14.9. The molecule has 0 spiro atoms. The van der Waals surface area contributed by atoms with Crippen LogP contribution >= 0.6 is 23.2 Å². The quantitative estimate of drug-likeness (QED) is 0.642. The average molecular weight is 417 g/mol. The van der Waals surface area contributed by atoms with Crippen molar-refractivity contribution in [2.45, 2.75) is 13.0 Å². The second-order valence-corrected chi connectivity index (χ2v) is 7.47. The van der Waals surface area contributed by atoms with E-state index in [-0.39, 0.29) is 11.9 Å². The highest BCUT2D eigenvalue weighted by atomic mass is 35.5. The maximum Gasteiger partial charge on any atom is 0.256 e. The van der Waals surface area contributed by atoms with Gasteiger partial charge < -0.3 is 10.2 Å². The Morgan fingerprint density at radius 2 is 1.75 bits per heavy atom. The molecule has 5 nitrogen and oxygen atoms in total. The number of likely N-dealkylation sites (N-methyl/N-ethyl adjacent to an activating group) is 1. The molecular weight excluding hydrogens is 395 g/mol. The van der Waals surface area contributed by atoms with Gasteiger partial charge in [0.15, 0.2) is 0 Å². The fourth-order valence-electron chi connectivity index (χ4n) is 3.09. The van der Waals surface area contributed by atoms with E-state index in [1.807, 2.05) is 73.6 Å². The normalized spacial score (nSPS) is 12.2. The standard InChI is InChI=1S/C21H22Cl2N4O/c1-14-19(20(23)27(25-14)15-9-5-4-6-10-15)21(28)24-13-18(26(2)3)16-11-7-8-12-17(16)22/h4-12,18H,13H2,1-3H3,(H,24,28). The minimum Gasteiger partial charge on any atom is -0.350 e. The Balaban J connectivity index is 1.81. The molecule has 0 aliphatic carbocycles. The predicted molar refractivity (Wildman–Crippen MR) is 114 cm³/mol. The zero-order valence-electron chi connectivity index (χ0n) is 16.0. The Bertz CT molecular complexity index is 970. The second-order valence-electron chi connectivity index (χ2n) is 6.71. The summed E-state index contributed by atoms with van der Waals surface area (Å²) >= 11 is 12.8. The number of nitrogens with one attached hydrogen (secondary N) is 1. The molecule has 0 aliphatic rings. The number of halogens is 2. The van der Waals surface area contributed by atoms with Crippen molar-refractivity contribution in [3.05, 3.63) is 81.6 Å². The third kappa shape index (κ3) is 4.22. The number of carbonyl (C=O) groups excluding carboxylic acids is 1. The lowest BCUT2D eigenvalue weighted by Gasteiger charge is -2.26. The van der Waals surface area contributed by atoms with Crippen LogP contribution in [0.15, 0.2) is 54.6 Å². The molecule has 28 heavy (non-hydrogen) atoms. The highest BCUT2D eigenvalue weighted by Gasteiger charge is 2.23. The van der Waals surface area contributed by atoms with Crippen LogP contribution < -0.4 is 5.32 Å². The maximum atomic E-state index is 12.9. The number of para-hydroxylation sites is 1. The Labute approximate surface area is 174 Å². The number of hydrogen-bond donors (Lipinski definition) is 1. The second kappa shape index (κ2) is 8.78. The number of nitrogens with zero attached hydrogens (tertiary/aromatic N) is 3. The first-order valence-corrected chi connectivity index (χ1v) is 9.65. The van der Waals surface area contributed by atoms with Gasteiger partial charge in [-0.15, -0.1) is 0 Å². The number of rotatable bonds is 6. The number of carbonyl (C=O) groups is 1. The molecule has 0 saturated heterocycles. The van der Waals surface area contributed by atoms with Crippen LogP contribution in [0.5, 0.6) is 0 Å². The van der Waals surface area contributed by atoms with E-state index in [1.54, 1.807) is 11.6 Å². The first kappa shape index (κ1) is 20.4. The van der Waals surface area contributed by atoms with Crippen molar-refractivity contribution in [2.24, 2.45) is 0 Å². The first-order valence-electron chi connectivity index (χ1n) is 8.89. The van der Waals surface area contributed by atoms with E-state index < -0.39 is 0 Å². The zero-order chi connectivity index (χ0) is 20.3. The van der Waals surface area contributed by atoms with E-state index in [0.29, 0.717) is 28.0 Å². The van der Waals surface area contributed by atoms with Crippen molar-refractivity contribution < 1.29 is 4.79 Å². The van der Waals surface area contributed by atoms with Gasteiger partial charge in [0.25, 0.3) is 5.91 Å². The van der Waals surface area contributed by atoms with Crippen LogP contribution in [0.25, 0.3) is 5.69 Å². The number of amides is 1. The van der Waals surface area contributed by atoms with E-state index >= 15 is 0 Å². The average Bonchev–Trinajstić information content (AvgIpc) is 2.98. The number of aryl methyl sites for hydroxylation is 1. The van der Waals surface area contributed by atoms with Gasteiger partial charge in [-0.2, -0.15) is 5.10 Å². The lowest BCUT2D eigenvalue weighted by atomic mass is 10.1. The van der Waals surface area contributed by atoms with Crippen LogP contribution in [0.2, 0.25) is 10.2 Å². The molecule has 7 heteroatoms. The number of hydrogen-bond acceptors (Lipinski definition) is 3. The van der Waals surface area contributed by atoms with Gasteiger partial charge in [-0.25, -0.2) is 4.68 Å². The van der Waals surface area contributed by atoms with Crippen molar-refractivity contribution in [1.29, 1.82) is 0 Å². The first-order chi connectivity index (χ1) is 13.4. The molecule has 3 rings (SSSR count). The van der Waals surface area contributed by atoms with Gasteiger partial charge in [-0.05, 0) is 44.8 Å². The van der Waals surface area contributed by atoms with Crippen molar-refractivity contribution in [3.63, 3.8) is 0 Å². The van der Waals surface area contributed by atoms with Crippen LogP contribution in [-0.4, -0.2) is 41.2 Å². The highest BCUT2D eigenvalue weighted by Crippen LogP contribution is 2.26. The molecule has 1 atom stereocenters. The number of benzene rings is 2. The van der Waals surface area contributed by atoms with E-state index in [2.05, 4.69) is 10.4 Å². The summed E-state index contributed by atoms with van der Waals surface area (Å²) < 4.78 is 1.57. The fraction of sp³-hybridized carbons (Fsp3) is 0.238. The smallest absolute Gasteiger partial charge is 0.256 e. The molecular formula is C21H22Cl2N4O. The van der Waals surface area contributed by atoms with Gasteiger partial charge in [0, 0.05) is 11.6 Å². The summed E-state index contributed by atoms with van der Waals surface area (Å²) in [6, 6.07) is 17.0.